The van der Waals surface area contributed by atoms with Crippen LogP contribution in [0.2, 0.25) is 0 Å². The predicted molar refractivity (Wildman–Crippen MR) is 119 cm³/mol. The van der Waals surface area contributed by atoms with Crippen molar-refractivity contribution in [3.05, 3.63) is 65.7 Å². The van der Waals surface area contributed by atoms with E-state index in [0.717, 1.165) is 37.2 Å². The number of Topliss-reactive ketones (excluding diaryl/α,β-unsaturated/α-hetero) is 1. The monoisotopic (exact) mass is 420 g/mol. The van der Waals surface area contributed by atoms with Gasteiger partial charge in [-0.15, -0.1) is 0 Å². The average Bonchev–Trinajstić information content (AvgIpc) is 2.81. The van der Waals surface area contributed by atoms with Gasteiger partial charge in [0.1, 0.15) is 17.3 Å². The van der Waals surface area contributed by atoms with Gasteiger partial charge in [-0.05, 0) is 49.1 Å². The van der Waals surface area contributed by atoms with Crippen molar-refractivity contribution < 1.29 is 13.9 Å². The molecule has 0 amide bonds. The van der Waals surface area contributed by atoms with Crippen LogP contribution in [0.15, 0.2) is 48.7 Å². The lowest BCUT2D eigenvalue weighted by Gasteiger charge is -2.30. The van der Waals surface area contributed by atoms with Crippen LogP contribution in [0.5, 0.6) is 5.75 Å². The molecule has 0 unspecified atom stereocenters. The minimum atomic E-state index is -0.478. The van der Waals surface area contributed by atoms with Gasteiger partial charge in [0.2, 0.25) is 0 Å². The standard InChI is InChI=1S/C24H25FN4O2/c1-31-17-9-10-19(25)18(14-17)20-15-27-24(26)23(28-20)22(30)13-16-7-3-4-8-21(16)29-11-5-2-6-12-29/h3-4,7-10,14-15H,2,5-6,11-13H2,1H3,(H2,26,27). The summed E-state index contributed by atoms with van der Waals surface area (Å²) in [5.41, 5.74) is 8.45. The van der Waals surface area contributed by atoms with Gasteiger partial charge in [0.15, 0.2) is 11.6 Å². The number of ketones is 1. The van der Waals surface area contributed by atoms with E-state index >= 15 is 0 Å². The number of aromatic nitrogens is 2. The molecule has 1 saturated heterocycles. The lowest BCUT2D eigenvalue weighted by atomic mass is 10.0. The third kappa shape index (κ3) is 4.50. The number of halogens is 1. The summed E-state index contributed by atoms with van der Waals surface area (Å²) in [5.74, 6) is -0.209. The maximum absolute atomic E-state index is 14.4. The number of ether oxygens (including phenoxy) is 1. The van der Waals surface area contributed by atoms with E-state index in [0.29, 0.717) is 5.75 Å². The molecule has 1 aliphatic rings. The van der Waals surface area contributed by atoms with Crippen LogP contribution in [0.4, 0.5) is 15.9 Å². The Balaban J connectivity index is 1.64. The van der Waals surface area contributed by atoms with Gasteiger partial charge in [0.05, 0.1) is 19.0 Å². The molecule has 1 fully saturated rings. The SMILES string of the molecule is COc1ccc(F)c(-c2cnc(N)c(C(=O)Cc3ccccc3N3CCCCC3)n2)c1. The van der Waals surface area contributed by atoms with Gasteiger partial charge < -0.3 is 15.4 Å². The number of hydrogen-bond donors (Lipinski definition) is 1. The van der Waals surface area contributed by atoms with E-state index in [4.69, 9.17) is 10.5 Å². The number of piperidine rings is 1. The van der Waals surface area contributed by atoms with Gasteiger partial charge in [-0.3, -0.25) is 4.79 Å². The third-order valence-electron chi connectivity index (χ3n) is 5.55. The van der Waals surface area contributed by atoms with Gasteiger partial charge in [-0.25, -0.2) is 14.4 Å². The number of nitrogen functional groups attached to an aromatic ring is 1. The second-order valence-corrected chi connectivity index (χ2v) is 7.61. The van der Waals surface area contributed by atoms with Crippen LogP contribution in [-0.4, -0.2) is 36.0 Å². The fourth-order valence-corrected chi connectivity index (χ4v) is 3.92. The highest BCUT2D eigenvalue weighted by Gasteiger charge is 2.20. The van der Waals surface area contributed by atoms with Gasteiger partial charge in [0, 0.05) is 30.8 Å². The van der Waals surface area contributed by atoms with Crippen LogP contribution >= 0.6 is 0 Å². The average molecular weight is 420 g/mol. The molecule has 2 aromatic carbocycles. The summed E-state index contributed by atoms with van der Waals surface area (Å²) < 4.78 is 19.6. The second-order valence-electron chi connectivity index (χ2n) is 7.61. The number of anilines is 2. The molecule has 1 aromatic heterocycles. The van der Waals surface area contributed by atoms with Crippen LogP contribution in [0.1, 0.15) is 35.3 Å². The minimum absolute atomic E-state index is 0.0347. The smallest absolute Gasteiger partial charge is 0.189 e. The first-order chi connectivity index (χ1) is 15.1. The van der Waals surface area contributed by atoms with Crippen LogP contribution in [0.3, 0.4) is 0 Å². The Morgan fingerprint density at radius 3 is 2.71 bits per heavy atom. The maximum Gasteiger partial charge on any atom is 0.189 e. The number of benzene rings is 2. The van der Waals surface area contributed by atoms with E-state index < -0.39 is 5.82 Å². The second kappa shape index (κ2) is 9.12. The summed E-state index contributed by atoms with van der Waals surface area (Å²) >= 11 is 0. The van der Waals surface area contributed by atoms with E-state index in [1.54, 1.807) is 0 Å². The molecule has 0 atom stereocenters. The van der Waals surface area contributed by atoms with E-state index in [2.05, 4.69) is 14.9 Å². The number of rotatable bonds is 6. The summed E-state index contributed by atoms with van der Waals surface area (Å²) in [5, 5.41) is 0. The molecule has 4 rings (SSSR count). The Hall–Kier alpha value is -3.48. The van der Waals surface area contributed by atoms with Crippen molar-refractivity contribution in [1.82, 2.24) is 9.97 Å². The molecule has 0 spiro atoms. The topological polar surface area (TPSA) is 81.3 Å². The van der Waals surface area contributed by atoms with Crippen molar-refractivity contribution in [2.45, 2.75) is 25.7 Å². The quantitative estimate of drug-likeness (QED) is 0.599. The number of carbonyl (C=O) groups is 1. The molecule has 0 saturated carbocycles. The minimum Gasteiger partial charge on any atom is -0.497 e. The van der Waals surface area contributed by atoms with E-state index in [9.17, 15) is 9.18 Å². The normalized spacial score (nSPS) is 13.8. The lowest BCUT2D eigenvalue weighted by Crippen LogP contribution is -2.30. The molecule has 2 N–H and O–H groups in total. The molecule has 6 nitrogen and oxygen atoms in total. The zero-order valence-corrected chi connectivity index (χ0v) is 17.5. The van der Waals surface area contributed by atoms with Crippen molar-refractivity contribution in [1.29, 1.82) is 0 Å². The predicted octanol–water partition coefficient (Wildman–Crippen LogP) is 4.29. The van der Waals surface area contributed by atoms with E-state index in [-0.39, 0.29) is 35.0 Å². The summed E-state index contributed by atoms with van der Waals surface area (Å²) in [7, 11) is 1.50. The van der Waals surface area contributed by atoms with Crippen LogP contribution in [-0.2, 0) is 6.42 Å². The Morgan fingerprint density at radius 2 is 1.94 bits per heavy atom. The van der Waals surface area contributed by atoms with E-state index in [1.807, 2.05) is 24.3 Å². The Kier molecular flexibility index (Phi) is 6.11. The van der Waals surface area contributed by atoms with Gasteiger partial charge >= 0.3 is 0 Å². The van der Waals surface area contributed by atoms with Crippen molar-refractivity contribution in [2.75, 3.05) is 30.8 Å². The highest BCUT2D eigenvalue weighted by molar-refractivity contribution is 6.00. The molecule has 160 valence electrons. The highest BCUT2D eigenvalue weighted by Crippen LogP contribution is 2.28. The van der Waals surface area contributed by atoms with Crippen molar-refractivity contribution in [3.8, 4) is 17.0 Å². The van der Waals surface area contributed by atoms with Crippen molar-refractivity contribution in [2.24, 2.45) is 0 Å². The fourth-order valence-electron chi connectivity index (χ4n) is 3.92. The molecule has 0 aliphatic carbocycles. The Bertz CT molecular complexity index is 1100. The molecular weight excluding hydrogens is 395 g/mol. The maximum atomic E-state index is 14.4. The number of hydrogen-bond acceptors (Lipinski definition) is 6. The first-order valence-electron chi connectivity index (χ1n) is 10.4. The lowest BCUT2D eigenvalue weighted by molar-refractivity contribution is 0.0989. The molecule has 7 heteroatoms. The fraction of sp³-hybridized carbons (Fsp3) is 0.292. The Morgan fingerprint density at radius 1 is 1.16 bits per heavy atom. The molecule has 1 aliphatic heterocycles. The molecule has 31 heavy (non-hydrogen) atoms. The summed E-state index contributed by atoms with van der Waals surface area (Å²) in [6.45, 7) is 1.97. The zero-order chi connectivity index (χ0) is 21.8. The molecule has 0 radical (unpaired) electrons. The van der Waals surface area contributed by atoms with Gasteiger partial charge in [-0.1, -0.05) is 18.2 Å². The number of para-hydroxylation sites is 1. The highest BCUT2D eigenvalue weighted by atomic mass is 19.1. The largest absolute Gasteiger partial charge is 0.497 e. The number of nitrogens with zero attached hydrogens (tertiary/aromatic N) is 3. The number of methoxy groups -OCH3 is 1. The molecular formula is C24H25FN4O2. The molecule has 0 bridgehead atoms. The van der Waals surface area contributed by atoms with Crippen LogP contribution in [0, 0.1) is 5.82 Å². The van der Waals surface area contributed by atoms with Crippen molar-refractivity contribution in [3.63, 3.8) is 0 Å². The first kappa shape index (κ1) is 20.8. The molecule has 2 heterocycles. The van der Waals surface area contributed by atoms with Gasteiger partial charge in [-0.2, -0.15) is 0 Å². The van der Waals surface area contributed by atoms with E-state index in [1.165, 1.54) is 37.9 Å². The summed E-state index contributed by atoms with van der Waals surface area (Å²) in [6.07, 6.45) is 5.04. The van der Waals surface area contributed by atoms with Crippen LogP contribution in [0.25, 0.3) is 11.3 Å². The summed E-state index contributed by atoms with van der Waals surface area (Å²) in [6, 6.07) is 12.2. The third-order valence-corrected chi connectivity index (χ3v) is 5.55. The number of carbonyl (C=O) groups excluding carboxylic acids is 1. The first-order valence-corrected chi connectivity index (χ1v) is 10.4. The summed E-state index contributed by atoms with van der Waals surface area (Å²) in [4.78, 5) is 23.9. The van der Waals surface area contributed by atoms with Crippen molar-refractivity contribution >= 4 is 17.3 Å². The Labute approximate surface area is 180 Å². The van der Waals surface area contributed by atoms with Crippen LogP contribution < -0.4 is 15.4 Å². The zero-order valence-electron chi connectivity index (χ0n) is 17.5. The van der Waals surface area contributed by atoms with Gasteiger partial charge in [0.25, 0.3) is 0 Å². The molecule has 3 aromatic rings. The number of nitrogens with two attached hydrogens (primary N) is 1.